The van der Waals surface area contributed by atoms with Gasteiger partial charge in [-0.15, -0.1) is 0 Å². The smallest absolute Gasteiger partial charge is 0.305 e. The second kappa shape index (κ2) is 8.86. The molecule has 0 heterocycles. The maximum absolute atomic E-state index is 13.3. The summed E-state index contributed by atoms with van der Waals surface area (Å²) in [5.41, 5.74) is 0.263. The van der Waals surface area contributed by atoms with Crippen molar-refractivity contribution in [2.45, 2.75) is 19.9 Å². The van der Waals surface area contributed by atoms with Crippen LogP contribution in [-0.4, -0.2) is 60.5 Å². The Hall–Kier alpha value is -2.07. The van der Waals surface area contributed by atoms with Crippen LogP contribution in [-0.2, 0) is 26.2 Å². The minimum Gasteiger partial charge on any atom is -0.481 e. The zero-order valence-electron chi connectivity index (χ0n) is 13.9. The van der Waals surface area contributed by atoms with E-state index in [1.54, 1.807) is 0 Å². The summed E-state index contributed by atoms with van der Waals surface area (Å²) in [6.45, 7) is 0.607. The van der Waals surface area contributed by atoms with Gasteiger partial charge in [-0.05, 0) is 24.6 Å². The van der Waals surface area contributed by atoms with Gasteiger partial charge in [-0.2, -0.15) is 4.31 Å². The molecule has 1 aromatic rings. The topological polar surface area (TPSA) is 95.0 Å². The monoisotopic (exact) mass is 378 g/mol. The zero-order valence-corrected chi connectivity index (χ0v) is 14.7. The van der Waals surface area contributed by atoms with Gasteiger partial charge < -0.3 is 10.0 Å². The first-order valence-electron chi connectivity index (χ1n) is 7.44. The van der Waals surface area contributed by atoms with Crippen LogP contribution >= 0.6 is 0 Å². The molecule has 1 amide bonds. The molecular formula is C15H20F2N2O5S. The lowest BCUT2D eigenvalue weighted by molar-refractivity contribution is -0.138. The molecule has 0 saturated carbocycles. The molecule has 0 radical (unpaired) electrons. The SMILES string of the molecule is CCS(=O)(=O)N(C)CC(=O)N(CCC(=O)O)Cc1ccc(F)c(F)c1. The molecule has 0 bridgehead atoms. The number of amides is 1. The quantitative estimate of drug-likeness (QED) is 0.693. The van der Waals surface area contributed by atoms with Gasteiger partial charge in [-0.25, -0.2) is 17.2 Å². The van der Waals surface area contributed by atoms with Crippen LogP contribution in [0, 0.1) is 11.6 Å². The number of carbonyl (C=O) groups is 2. The predicted molar refractivity (Wildman–Crippen MR) is 86.1 cm³/mol. The molecule has 10 heteroatoms. The standard InChI is InChI=1S/C15H20F2N2O5S/c1-3-25(23,24)18(2)10-14(20)19(7-6-15(21)22)9-11-4-5-12(16)13(17)8-11/h4-5,8H,3,6-7,9-10H2,1-2H3,(H,21,22). The Morgan fingerprint density at radius 1 is 1.20 bits per heavy atom. The van der Waals surface area contributed by atoms with E-state index in [-0.39, 0.29) is 30.8 Å². The van der Waals surface area contributed by atoms with E-state index < -0.39 is 40.1 Å². The zero-order chi connectivity index (χ0) is 19.2. The number of carboxylic acids is 1. The Balaban J connectivity index is 2.92. The summed E-state index contributed by atoms with van der Waals surface area (Å²) in [7, 11) is -2.34. The van der Waals surface area contributed by atoms with Gasteiger partial charge in [-0.3, -0.25) is 9.59 Å². The molecule has 1 aromatic carbocycles. The van der Waals surface area contributed by atoms with E-state index in [1.807, 2.05) is 0 Å². The summed E-state index contributed by atoms with van der Waals surface area (Å²) in [5.74, 6) is -4.09. The van der Waals surface area contributed by atoms with Gasteiger partial charge in [0.25, 0.3) is 0 Å². The fourth-order valence-corrected chi connectivity index (χ4v) is 2.74. The number of halogens is 2. The van der Waals surface area contributed by atoms with Crippen molar-refractivity contribution in [2.24, 2.45) is 0 Å². The van der Waals surface area contributed by atoms with Gasteiger partial charge in [-0.1, -0.05) is 6.07 Å². The van der Waals surface area contributed by atoms with Gasteiger partial charge in [0.2, 0.25) is 15.9 Å². The normalized spacial score (nSPS) is 11.6. The number of likely N-dealkylation sites (N-methyl/N-ethyl adjacent to an activating group) is 1. The summed E-state index contributed by atoms with van der Waals surface area (Å²) in [6.07, 6.45) is -0.361. The second-order valence-corrected chi connectivity index (χ2v) is 7.73. The number of hydrogen-bond donors (Lipinski definition) is 1. The highest BCUT2D eigenvalue weighted by Crippen LogP contribution is 2.12. The first-order valence-corrected chi connectivity index (χ1v) is 9.05. The van der Waals surface area contributed by atoms with Gasteiger partial charge >= 0.3 is 5.97 Å². The van der Waals surface area contributed by atoms with E-state index in [2.05, 4.69) is 0 Å². The number of aliphatic carboxylic acids is 1. The highest BCUT2D eigenvalue weighted by Gasteiger charge is 2.23. The number of sulfonamides is 1. The van der Waals surface area contributed by atoms with Crippen LogP contribution in [0.2, 0.25) is 0 Å². The van der Waals surface area contributed by atoms with E-state index in [0.29, 0.717) is 0 Å². The predicted octanol–water partition coefficient (Wildman–Crippen LogP) is 1.05. The molecule has 1 N–H and O–H groups in total. The van der Waals surface area contributed by atoms with E-state index in [4.69, 9.17) is 5.11 Å². The first kappa shape index (κ1) is 21.0. The Morgan fingerprint density at radius 3 is 2.36 bits per heavy atom. The molecule has 1 rings (SSSR count). The van der Waals surface area contributed by atoms with E-state index in [9.17, 15) is 26.8 Å². The second-order valence-electron chi connectivity index (χ2n) is 5.36. The molecule has 0 aromatic heterocycles. The van der Waals surface area contributed by atoms with Crippen molar-refractivity contribution in [3.8, 4) is 0 Å². The van der Waals surface area contributed by atoms with Crippen LogP contribution in [0.5, 0.6) is 0 Å². The van der Waals surface area contributed by atoms with Crippen LogP contribution in [0.1, 0.15) is 18.9 Å². The number of nitrogens with zero attached hydrogens (tertiary/aromatic N) is 2. The van der Waals surface area contributed by atoms with Gasteiger partial charge in [0, 0.05) is 20.1 Å². The lowest BCUT2D eigenvalue weighted by atomic mass is 10.2. The van der Waals surface area contributed by atoms with Crippen LogP contribution in [0.25, 0.3) is 0 Å². The highest BCUT2D eigenvalue weighted by atomic mass is 32.2. The maximum Gasteiger partial charge on any atom is 0.305 e. The van der Waals surface area contributed by atoms with E-state index >= 15 is 0 Å². The van der Waals surface area contributed by atoms with Crippen molar-refractivity contribution in [3.05, 3.63) is 35.4 Å². The maximum atomic E-state index is 13.3. The molecule has 0 unspecified atom stereocenters. The molecule has 0 aliphatic heterocycles. The Morgan fingerprint density at radius 2 is 1.84 bits per heavy atom. The lowest BCUT2D eigenvalue weighted by Gasteiger charge is -2.25. The van der Waals surface area contributed by atoms with Crippen molar-refractivity contribution >= 4 is 21.9 Å². The Kier molecular flexibility index (Phi) is 7.43. The summed E-state index contributed by atoms with van der Waals surface area (Å²) in [6, 6.07) is 3.08. The van der Waals surface area contributed by atoms with E-state index in [0.717, 1.165) is 21.3 Å². The largest absolute Gasteiger partial charge is 0.481 e. The molecule has 0 aliphatic rings. The molecule has 25 heavy (non-hydrogen) atoms. The third kappa shape index (κ3) is 6.39. The molecular weight excluding hydrogens is 358 g/mol. The molecule has 0 saturated heterocycles. The number of hydrogen-bond acceptors (Lipinski definition) is 4. The lowest BCUT2D eigenvalue weighted by Crippen LogP contribution is -2.42. The van der Waals surface area contributed by atoms with Crippen molar-refractivity contribution < 1.29 is 31.9 Å². The third-order valence-corrected chi connectivity index (χ3v) is 5.31. The fourth-order valence-electron chi connectivity index (χ4n) is 1.99. The van der Waals surface area contributed by atoms with Gasteiger partial charge in [0.1, 0.15) is 0 Å². The van der Waals surface area contributed by atoms with Crippen LogP contribution in [0.3, 0.4) is 0 Å². The molecule has 140 valence electrons. The van der Waals surface area contributed by atoms with Gasteiger partial charge in [0.15, 0.2) is 11.6 Å². The number of carboxylic acid groups (broad SMARTS) is 1. The molecule has 0 atom stereocenters. The minimum absolute atomic E-state index is 0.163. The molecule has 0 aliphatic carbocycles. The summed E-state index contributed by atoms with van der Waals surface area (Å²) >= 11 is 0. The average Bonchev–Trinajstić information content (AvgIpc) is 2.54. The van der Waals surface area contributed by atoms with Crippen LogP contribution < -0.4 is 0 Å². The molecule has 0 spiro atoms. The van der Waals surface area contributed by atoms with Crippen molar-refractivity contribution in [2.75, 3.05) is 25.9 Å². The number of rotatable bonds is 9. The summed E-state index contributed by atoms with van der Waals surface area (Å²) in [4.78, 5) is 24.2. The van der Waals surface area contributed by atoms with Crippen LogP contribution in [0.15, 0.2) is 18.2 Å². The fraction of sp³-hybridized carbons (Fsp3) is 0.467. The Bertz CT molecular complexity index is 739. The highest BCUT2D eigenvalue weighted by molar-refractivity contribution is 7.89. The summed E-state index contributed by atoms with van der Waals surface area (Å²) < 4.78 is 50.6. The average molecular weight is 378 g/mol. The molecule has 0 fully saturated rings. The van der Waals surface area contributed by atoms with Crippen molar-refractivity contribution in [3.63, 3.8) is 0 Å². The van der Waals surface area contributed by atoms with Gasteiger partial charge in [0.05, 0.1) is 18.7 Å². The third-order valence-electron chi connectivity index (χ3n) is 3.50. The summed E-state index contributed by atoms with van der Waals surface area (Å²) in [5, 5.41) is 8.79. The Labute approximate surface area is 144 Å². The number of carbonyl (C=O) groups excluding carboxylic acids is 1. The van der Waals surface area contributed by atoms with Crippen molar-refractivity contribution in [1.29, 1.82) is 0 Å². The first-order chi connectivity index (χ1) is 11.6. The molecule has 7 nitrogen and oxygen atoms in total. The van der Waals surface area contributed by atoms with Crippen molar-refractivity contribution in [1.82, 2.24) is 9.21 Å². The minimum atomic E-state index is -3.58. The number of benzene rings is 1. The van der Waals surface area contributed by atoms with E-state index in [1.165, 1.54) is 20.0 Å². The van der Waals surface area contributed by atoms with Crippen LogP contribution in [0.4, 0.5) is 8.78 Å².